The molecule has 1 aliphatic heterocycles. The van der Waals surface area contributed by atoms with Crippen LogP contribution in [0.2, 0.25) is 0 Å². The Morgan fingerprint density at radius 2 is 0.727 bits per heavy atom. The fourth-order valence-corrected chi connectivity index (χ4v) is 1.76. The van der Waals surface area contributed by atoms with E-state index in [9.17, 15) is 0 Å². The Labute approximate surface area is 136 Å². The molecule has 1 rings (SSSR count). The second kappa shape index (κ2) is 12.9. The van der Waals surface area contributed by atoms with Crippen molar-refractivity contribution in [3.63, 3.8) is 0 Å². The van der Waals surface area contributed by atoms with Crippen molar-refractivity contribution < 1.29 is 0 Å². The lowest BCUT2D eigenvalue weighted by Gasteiger charge is -2.07. The highest BCUT2D eigenvalue weighted by molar-refractivity contribution is 5.08. The summed E-state index contributed by atoms with van der Waals surface area (Å²) in [7, 11) is 4.12. The topological polar surface area (TPSA) is 6.48 Å². The molecule has 0 saturated carbocycles. The molecular formula is C20H26N2. The minimum absolute atomic E-state index is 0.788. The molecule has 2 nitrogen and oxygen atoms in total. The molecule has 0 aromatic heterocycles. The molecule has 1 heterocycles. The lowest BCUT2D eigenvalue weighted by atomic mass is 10.2. The molecule has 0 radical (unpaired) electrons. The molecule has 0 spiro atoms. The van der Waals surface area contributed by atoms with Crippen molar-refractivity contribution in [2.75, 3.05) is 40.3 Å². The Morgan fingerprint density at radius 3 is 1.00 bits per heavy atom. The average Bonchev–Trinajstić information content (AvgIpc) is 2.50. The molecule has 22 heavy (non-hydrogen) atoms. The molecule has 0 amide bonds. The summed E-state index contributed by atoms with van der Waals surface area (Å²) >= 11 is 0. The molecule has 1 aliphatic rings. The van der Waals surface area contributed by atoms with Crippen molar-refractivity contribution in [2.45, 2.75) is 38.5 Å². The third-order valence-electron chi connectivity index (χ3n) is 3.10. The van der Waals surface area contributed by atoms with Crippen LogP contribution < -0.4 is 0 Å². The van der Waals surface area contributed by atoms with Gasteiger partial charge in [-0.15, -0.1) is 23.7 Å². The van der Waals surface area contributed by atoms with Crippen molar-refractivity contribution in [2.24, 2.45) is 0 Å². The maximum absolute atomic E-state index is 3.21. The van der Waals surface area contributed by atoms with E-state index in [-0.39, 0.29) is 0 Å². The van der Waals surface area contributed by atoms with E-state index < -0.39 is 0 Å². The van der Waals surface area contributed by atoms with Crippen molar-refractivity contribution in [1.82, 2.24) is 9.80 Å². The molecular weight excluding hydrogens is 268 g/mol. The summed E-state index contributed by atoms with van der Waals surface area (Å²) in [4.78, 5) is 4.29. The second-order valence-corrected chi connectivity index (χ2v) is 5.47. The summed E-state index contributed by atoms with van der Waals surface area (Å²) in [5.74, 6) is 25.6. The molecule has 0 atom stereocenters. The number of rotatable bonds is 0. The SMILES string of the molecule is CN1CC#CCCCC#CCN(C)CC#CCCCC#CC1. The lowest BCUT2D eigenvalue weighted by molar-refractivity contribution is 0.425. The van der Waals surface area contributed by atoms with Crippen molar-refractivity contribution in [3.05, 3.63) is 0 Å². The summed E-state index contributed by atoms with van der Waals surface area (Å²) in [6.07, 6.45) is 5.80. The zero-order valence-corrected chi connectivity index (χ0v) is 14.0. The fraction of sp³-hybridized carbons (Fsp3) is 0.600. The van der Waals surface area contributed by atoms with Crippen LogP contribution in [0.1, 0.15) is 38.5 Å². The molecule has 0 aromatic carbocycles. The Balaban J connectivity index is 2.47. The first-order valence-corrected chi connectivity index (χ1v) is 7.99. The van der Waals surface area contributed by atoms with Crippen LogP contribution in [-0.2, 0) is 0 Å². The highest BCUT2D eigenvalue weighted by atomic mass is 15.1. The Morgan fingerprint density at radius 1 is 0.455 bits per heavy atom. The van der Waals surface area contributed by atoms with E-state index in [1.165, 1.54) is 0 Å². The molecule has 0 fully saturated rings. The standard InChI is InChI=1S/C20H26N2/c1-21-17-13-9-5-3-7-11-15-19-22(2)20-16-12-8-4-6-10-14-18-21/h3-8,17-20H2,1-2H3. The minimum Gasteiger partial charge on any atom is -0.284 e. The van der Waals surface area contributed by atoms with Gasteiger partial charge in [0.05, 0.1) is 26.2 Å². The predicted molar refractivity (Wildman–Crippen MR) is 93.8 cm³/mol. The summed E-state index contributed by atoms with van der Waals surface area (Å²) in [5.41, 5.74) is 0. The predicted octanol–water partition coefficient (Wildman–Crippen LogP) is 2.22. The van der Waals surface area contributed by atoms with Gasteiger partial charge in [-0.3, -0.25) is 9.80 Å². The first-order valence-electron chi connectivity index (χ1n) is 7.99. The van der Waals surface area contributed by atoms with Crippen LogP contribution in [0, 0.1) is 47.4 Å². The van der Waals surface area contributed by atoms with Crippen LogP contribution in [0.4, 0.5) is 0 Å². The van der Waals surface area contributed by atoms with E-state index in [4.69, 9.17) is 0 Å². The molecule has 0 aliphatic carbocycles. The third-order valence-corrected chi connectivity index (χ3v) is 3.10. The van der Waals surface area contributed by atoms with E-state index in [1.807, 2.05) is 0 Å². The van der Waals surface area contributed by atoms with Gasteiger partial charge < -0.3 is 0 Å². The van der Waals surface area contributed by atoms with E-state index in [2.05, 4.69) is 71.3 Å². The van der Waals surface area contributed by atoms with Crippen LogP contribution in [-0.4, -0.2) is 50.1 Å². The molecule has 0 aromatic rings. The molecule has 2 heteroatoms. The van der Waals surface area contributed by atoms with Crippen molar-refractivity contribution in [1.29, 1.82) is 0 Å². The van der Waals surface area contributed by atoms with E-state index in [1.54, 1.807) is 0 Å². The van der Waals surface area contributed by atoms with Crippen LogP contribution in [0.15, 0.2) is 0 Å². The van der Waals surface area contributed by atoms with Crippen LogP contribution in [0.25, 0.3) is 0 Å². The molecule has 116 valence electrons. The van der Waals surface area contributed by atoms with Gasteiger partial charge in [-0.25, -0.2) is 0 Å². The van der Waals surface area contributed by atoms with Gasteiger partial charge in [0, 0.05) is 25.7 Å². The zero-order valence-electron chi connectivity index (χ0n) is 14.0. The van der Waals surface area contributed by atoms with Crippen LogP contribution in [0.5, 0.6) is 0 Å². The smallest absolute Gasteiger partial charge is 0.0607 e. The summed E-state index contributed by atoms with van der Waals surface area (Å²) in [6.45, 7) is 3.15. The highest BCUT2D eigenvalue weighted by Crippen LogP contribution is 1.93. The molecule has 0 bridgehead atoms. The second-order valence-electron chi connectivity index (χ2n) is 5.47. The summed E-state index contributed by atoms with van der Waals surface area (Å²) < 4.78 is 0. The van der Waals surface area contributed by atoms with Crippen molar-refractivity contribution >= 4 is 0 Å². The van der Waals surface area contributed by atoms with Gasteiger partial charge in [-0.05, 0) is 26.9 Å². The van der Waals surface area contributed by atoms with E-state index in [0.717, 1.165) is 64.7 Å². The maximum atomic E-state index is 3.21. The van der Waals surface area contributed by atoms with Gasteiger partial charge >= 0.3 is 0 Å². The fourth-order valence-electron chi connectivity index (χ4n) is 1.76. The lowest BCUT2D eigenvalue weighted by Crippen LogP contribution is -2.18. The quantitative estimate of drug-likeness (QED) is 0.632. The first kappa shape index (κ1) is 18.2. The first-order chi connectivity index (χ1) is 10.8. The summed E-state index contributed by atoms with van der Waals surface area (Å²) in [5, 5.41) is 0. The minimum atomic E-state index is 0.788. The Hall–Kier alpha value is -1.84. The average molecular weight is 294 g/mol. The van der Waals surface area contributed by atoms with E-state index in [0.29, 0.717) is 0 Å². The Bertz CT molecular complexity index is 445. The van der Waals surface area contributed by atoms with Gasteiger partial charge in [-0.2, -0.15) is 0 Å². The molecule has 0 unspecified atom stereocenters. The molecule has 0 N–H and O–H groups in total. The Kier molecular flexibility index (Phi) is 10.7. The van der Waals surface area contributed by atoms with Gasteiger partial charge in [0.25, 0.3) is 0 Å². The third kappa shape index (κ3) is 10.9. The van der Waals surface area contributed by atoms with Crippen molar-refractivity contribution in [3.8, 4) is 47.4 Å². The van der Waals surface area contributed by atoms with Gasteiger partial charge in [-0.1, -0.05) is 23.7 Å². The zero-order chi connectivity index (χ0) is 15.9. The summed E-state index contributed by atoms with van der Waals surface area (Å²) in [6, 6.07) is 0. The number of nitrogens with zero attached hydrogens (tertiary/aromatic N) is 2. The van der Waals surface area contributed by atoms with E-state index >= 15 is 0 Å². The highest BCUT2D eigenvalue weighted by Gasteiger charge is 1.91. The van der Waals surface area contributed by atoms with Gasteiger partial charge in [0.2, 0.25) is 0 Å². The number of hydrogen-bond acceptors (Lipinski definition) is 2. The normalized spacial score (nSPS) is 19.0. The number of hydrogen-bond donors (Lipinski definition) is 0. The van der Waals surface area contributed by atoms with Crippen LogP contribution >= 0.6 is 0 Å². The maximum Gasteiger partial charge on any atom is 0.0607 e. The van der Waals surface area contributed by atoms with Crippen LogP contribution in [0.3, 0.4) is 0 Å². The van der Waals surface area contributed by atoms with Gasteiger partial charge in [0.15, 0.2) is 0 Å². The largest absolute Gasteiger partial charge is 0.284 e. The molecule has 0 saturated heterocycles. The van der Waals surface area contributed by atoms with Gasteiger partial charge in [0.1, 0.15) is 0 Å². The monoisotopic (exact) mass is 294 g/mol.